The standard InChI is InChI=1S/C13H26N2/c1-6-12(2)15(5)10-8-7-9-13(3,4)11-14/h12H,6-10H2,1-5H3. The lowest BCUT2D eigenvalue weighted by atomic mass is 9.89. The van der Waals surface area contributed by atoms with Gasteiger partial charge in [-0.25, -0.2) is 0 Å². The number of nitrogens with zero attached hydrogens (tertiary/aromatic N) is 2. The Balaban J connectivity index is 3.60. The molecule has 1 unspecified atom stereocenters. The highest BCUT2D eigenvalue weighted by atomic mass is 15.1. The van der Waals surface area contributed by atoms with Crippen molar-refractivity contribution in [2.45, 2.75) is 59.4 Å². The lowest BCUT2D eigenvalue weighted by molar-refractivity contribution is 0.243. The summed E-state index contributed by atoms with van der Waals surface area (Å²) in [6.07, 6.45) is 4.57. The summed E-state index contributed by atoms with van der Waals surface area (Å²) in [6.45, 7) is 9.67. The van der Waals surface area contributed by atoms with Crippen molar-refractivity contribution in [1.82, 2.24) is 4.90 Å². The molecule has 2 heteroatoms. The Morgan fingerprint density at radius 2 is 1.93 bits per heavy atom. The first-order valence-corrected chi connectivity index (χ1v) is 6.04. The molecule has 0 spiro atoms. The van der Waals surface area contributed by atoms with Crippen LogP contribution >= 0.6 is 0 Å². The average Bonchev–Trinajstić information content (AvgIpc) is 2.22. The normalized spacial score (nSPS) is 13.9. The van der Waals surface area contributed by atoms with Crippen molar-refractivity contribution in [3.05, 3.63) is 0 Å². The van der Waals surface area contributed by atoms with Gasteiger partial charge in [0, 0.05) is 6.04 Å². The summed E-state index contributed by atoms with van der Waals surface area (Å²) in [5.41, 5.74) is -0.144. The zero-order chi connectivity index (χ0) is 11.9. The van der Waals surface area contributed by atoms with Crippen molar-refractivity contribution in [3.8, 4) is 6.07 Å². The van der Waals surface area contributed by atoms with Crippen LogP contribution in [0.1, 0.15) is 53.4 Å². The fourth-order valence-corrected chi connectivity index (χ4v) is 1.52. The van der Waals surface area contributed by atoms with Crippen LogP contribution in [0.15, 0.2) is 0 Å². The van der Waals surface area contributed by atoms with Crippen molar-refractivity contribution in [2.75, 3.05) is 13.6 Å². The van der Waals surface area contributed by atoms with Crippen LogP contribution in [0.5, 0.6) is 0 Å². The highest BCUT2D eigenvalue weighted by Gasteiger charge is 2.15. The van der Waals surface area contributed by atoms with E-state index in [0.29, 0.717) is 6.04 Å². The summed E-state index contributed by atoms with van der Waals surface area (Å²) in [5, 5.41) is 8.87. The average molecular weight is 210 g/mol. The van der Waals surface area contributed by atoms with E-state index in [1.807, 2.05) is 13.8 Å². The summed E-state index contributed by atoms with van der Waals surface area (Å²) in [6, 6.07) is 3.02. The first-order chi connectivity index (χ1) is 6.93. The van der Waals surface area contributed by atoms with Crippen LogP contribution in [0.4, 0.5) is 0 Å². The van der Waals surface area contributed by atoms with E-state index >= 15 is 0 Å². The predicted octanol–water partition coefficient (Wildman–Crippen LogP) is 3.44. The summed E-state index contributed by atoms with van der Waals surface area (Å²) in [7, 11) is 2.18. The van der Waals surface area contributed by atoms with Gasteiger partial charge >= 0.3 is 0 Å². The van der Waals surface area contributed by atoms with Crippen molar-refractivity contribution in [2.24, 2.45) is 5.41 Å². The topological polar surface area (TPSA) is 27.0 Å². The van der Waals surface area contributed by atoms with Gasteiger partial charge in [-0.2, -0.15) is 5.26 Å². The molecular weight excluding hydrogens is 184 g/mol. The highest BCUT2D eigenvalue weighted by Crippen LogP contribution is 2.21. The molecule has 0 aliphatic carbocycles. The molecule has 0 radical (unpaired) electrons. The monoisotopic (exact) mass is 210 g/mol. The van der Waals surface area contributed by atoms with Crippen molar-refractivity contribution in [1.29, 1.82) is 5.26 Å². The molecule has 0 heterocycles. The molecule has 0 aliphatic rings. The minimum atomic E-state index is -0.144. The van der Waals surface area contributed by atoms with Gasteiger partial charge in [0.15, 0.2) is 0 Å². The molecule has 0 fully saturated rings. The Kier molecular flexibility index (Phi) is 6.60. The second-order valence-electron chi connectivity index (χ2n) is 5.19. The number of unbranched alkanes of at least 4 members (excludes halogenated alkanes) is 1. The van der Waals surface area contributed by atoms with E-state index in [4.69, 9.17) is 5.26 Å². The van der Waals surface area contributed by atoms with Crippen molar-refractivity contribution >= 4 is 0 Å². The van der Waals surface area contributed by atoms with Crippen LogP contribution in [-0.4, -0.2) is 24.5 Å². The molecule has 2 nitrogen and oxygen atoms in total. The van der Waals surface area contributed by atoms with Crippen LogP contribution < -0.4 is 0 Å². The second kappa shape index (κ2) is 6.85. The summed E-state index contributed by atoms with van der Waals surface area (Å²) < 4.78 is 0. The highest BCUT2D eigenvalue weighted by molar-refractivity contribution is 4.91. The quantitative estimate of drug-likeness (QED) is 0.602. The minimum absolute atomic E-state index is 0.144. The maximum Gasteiger partial charge on any atom is 0.0683 e. The fourth-order valence-electron chi connectivity index (χ4n) is 1.52. The van der Waals surface area contributed by atoms with Gasteiger partial charge in [-0.3, -0.25) is 0 Å². The Morgan fingerprint density at radius 3 is 2.40 bits per heavy atom. The number of hydrogen-bond donors (Lipinski definition) is 0. The molecule has 0 N–H and O–H groups in total. The zero-order valence-corrected chi connectivity index (χ0v) is 11.0. The smallest absolute Gasteiger partial charge is 0.0683 e. The lowest BCUT2D eigenvalue weighted by Gasteiger charge is -2.24. The van der Waals surface area contributed by atoms with E-state index in [1.54, 1.807) is 0 Å². The van der Waals surface area contributed by atoms with Crippen LogP contribution in [0.25, 0.3) is 0 Å². The Bertz CT molecular complexity index is 203. The Labute approximate surface area is 95.3 Å². The van der Waals surface area contributed by atoms with Crippen LogP contribution in [0.3, 0.4) is 0 Å². The maximum atomic E-state index is 8.87. The molecule has 1 atom stereocenters. The van der Waals surface area contributed by atoms with Gasteiger partial charge in [0.05, 0.1) is 11.5 Å². The molecule has 88 valence electrons. The zero-order valence-electron chi connectivity index (χ0n) is 11.0. The third kappa shape index (κ3) is 6.52. The Morgan fingerprint density at radius 1 is 1.33 bits per heavy atom. The van der Waals surface area contributed by atoms with Crippen LogP contribution in [0, 0.1) is 16.7 Å². The molecule has 0 rings (SSSR count). The van der Waals surface area contributed by atoms with Gasteiger partial charge in [0.2, 0.25) is 0 Å². The first-order valence-electron chi connectivity index (χ1n) is 6.04. The van der Waals surface area contributed by atoms with Crippen LogP contribution in [0.2, 0.25) is 0 Å². The molecule has 0 aromatic heterocycles. The van der Waals surface area contributed by atoms with Gasteiger partial charge in [-0.05, 0) is 53.6 Å². The largest absolute Gasteiger partial charge is 0.304 e. The van der Waals surface area contributed by atoms with E-state index in [9.17, 15) is 0 Å². The molecule has 0 aliphatic heterocycles. The summed E-state index contributed by atoms with van der Waals surface area (Å²) in [4.78, 5) is 2.40. The Hall–Kier alpha value is -0.550. The molecule has 0 aromatic rings. The van der Waals surface area contributed by atoms with Gasteiger partial charge in [0.1, 0.15) is 0 Å². The van der Waals surface area contributed by atoms with E-state index in [-0.39, 0.29) is 5.41 Å². The summed E-state index contributed by atoms with van der Waals surface area (Å²) >= 11 is 0. The van der Waals surface area contributed by atoms with Gasteiger partial charge in [-0.15, -0.1) is 0 Å². The van der Waals surface area contributed by atoms with Gasteiger partial charge in [0.25, 0.3) is 0 Å². The molecule has 0 bridgehead atoms. The van der Waals surface area contributed by atoms with Crippen LogP contribution in [-0.2, 0) is 0 Å². The van der Waals surface area contributed by atoms with Gasteiger partial charge < -0.3 is 4.90 Å². The lowest BCUT2D eigenvalue weighted by Crippen LogP contribution is -2.29. The molecule has 0 amide bonds. The van der Waals surface area contributed by atoms with E-state index in [0.717, 1.165) is 19.4 Å². The number of nitriles is 1. The van der Waals surface area contributed by atoms with E-state index < -0.39 is 0 Å². The second-order valence-corrected chi connectivity index (χ2v) is 5.19. The minimum Gasteiger partial charge on any atom is -0.304 e. The van der Waals surface area contributed by atoms with E-state index in [1.165, 1.54) is 12.8 Å². The third-order valence-corrected chi connectivity index (χ3v) is 3.21. The number of hydrogen-bond acceptors (Lipinski definition) is 2. The fraction of sp³-hybridized carbons (Fsp3) is 0.923. The van der Waals surface area contributed by atoms with Crippen molar-refractivity contribution in [3.63, 3.8) is 0 Å². The molecular formula is C13H26N2. The SMILES string of the molecule is CCC(C)N(C)CCCCC(C)(C)C#N. The maximum absolute atomic E-state index is 8.87. The molecule has 0 saturated heterocycles. The van der Waals surface area contributed by atoms with E-state index in [2.05, 4.69) is 31.9 Å². The van der Waals surface area contributed by atoms with Crippen molar-refractivity contribution < 1.29 is 0 Å². The van der Waals surface area contributed by atoms with Gasteiger partial charge in [-0.1, -0.05) is 13.3 Å². The molecule has 0 aromatic carbocycles. The summed E-state index contributed by atoms with van der Waals surface area (Å²) in [5.74, 6) is 0. The predicted molar refractivity (Wildman–Crippen MR) is 65.6 cm³/mol. The first kappa shape index (κ1) is 14.5. The third-order valence-electron chi connectivity index (χ3n) is 3.21. The molecule has 15 heavy (non-hydrogen) atoms. The number of rotatable bonds is 7. The molecule has 0 saturated carbocycles.